The molecular weight excluding hydrogens is 456 g/mol. The Hall–Kier alpha value is -4.17. The van der Waals surface area contributed by atoms with E-state index in [0.29, 0.717) is 33.6 Å². The van der Waals surface area contributed by atoms with Gasteiger partial charge in [0.15, 0.2) is 5.75 Å². The third-order valence-corrected chi connectivity index (χ3v) is 5.93. The molecule has 0 aliphatic rings. The number of ether oxygens (including phenoxy) is 5. The molecule has 4 rings (SSSR count). The summed E-state index contributed by atoms with van der Waals surface area (Å²) in [6, 6.07) is 18.2. The minimum absolute atomic E-state index is 0.480. The number of benzene rings is 3. The maximum absolute atomic E-state index is 10.9. The van der Waals surface area contributed by atoms with Gasteiger partial charge in [-0.2, -0.15) is 0 Å². The zero-order valence-corrected chi connectivity index (χ0v) is 19.5. The fourth-order valence-electron chi connectivity index (χ4n) is 3.24. The van der Waals surface area contributed by atoms with Crippen molar-refractivity contribution in [3.63, 3.8) is 0 Å². The number of carboxylic acids is 1. The van der Waals surface area contributed by atoms with E-state index >= 15 is 0 Å². The van der Waals surface area contributed by atoms with Crippen molar-refractivity contribution in [2.45, 2.75) is 0 Å². The zero-order chi connectivity index (χ0) is 24.1. The lowest BCUT2D eigenvalue weighted by Crippen LogP contribution is -1.92. The maximum Gasteiger partial charge on any atom is 0.328 e. The first-order chi connectivity index (χ1) is 16.5. The van der Waals surface area contributed by atoms with Gasteiger partial charge in [0.1, 0.15) is 28.7 Å². The van der Waals surface area contributed by atoms with Crippen LogP contribution >= 0.6 is 11.3 Å². The van der Waals surface area contributed by atoms with Crippen molar-refractivity contribution in [2.75, 3.05) is 21.3 Å². The monoisotopic (exact) mass is 478 g/mol. The van der Waals surface area contributed by atoms with Gasteiger partial charge in [-0.3, -0.25) is 0 Å². The van der Waals surface area contributed by atoms with Crippen molar-refractivity contribution >= 4 is 33.5 Å². The molecule has 4 aromatic rings. The highest BCUT2D eigenvalue weighted by atomic mass is 32.1. The molecule has 0 saturated carbocycles. The van der Waals surface area contributed by atoms with Crippen molar-refractivity contribution in [3.05, 3.63) is 72.3 Å². The largest absolute Gasteiger partial charge is 0.497 e. The Balaban J connectivity index is 1.72. The molecule has 1 aromatic heterocycles. The number of fused-ring (bicyclic) bond motifs is 1. The second kappa shape index (κ2) is 10.2. The van der Waals surface area contributed by atoms with E-state index in [0.717, 1.165) is 27.7 Å². The molecule has 0 bridgehead atoms. The van der Waals surface area contributed by atoms with Gasteiger partial charge in [0.25, 0.3) is 0 Å². The Labute approximate surface area is 200 Å². The molecule has 0 spiro atoms. The average molecular weight is 479 g/mol. The number of aliphatic carboxylic acids is 1. The van der Waals surface area contributed by atoms with E-state index in [1.54, 1.807) is 32.4 Å². The number of carbonyl (C=O) groups is 1. The Morgan fingerprint density at radius 3 is 2.15 bits per heavy atom. The molecule has 0 radical (unpaired) electrons. The molecule has 8 heteroatoms. The first kappa shape index (κ1) is 23.0. The van der Waals surface area contributed by atoms with Gasteiger partial charge in [-0.25, -0.2) is 4.79 Å². The van der Waals surface area contributed by atoms with Crippen LogP contribution in [0.2, 0.25) is 0 Å². The average Bonchev–Trinajstić information content (AvgIpc) is 3.19. The summed E-state index contributed by atoms with van der Waals surface area (Å²) in [4.78, 5) is 10.9. The van der Waals surface area contributed by atoms with E-state index in [4.69, 9.17) is 28.8 Å². The molecule has 0 aliphatic heterocycles. The summed E-state index contributed by atoms with van der Waals surface area (Å²) in [5.74, 6) is 2.60. The van der Waals surface area contributed by atoms with Gasteiger partial charge in [-0.15, -0.1) is 0 Å². The SMILES string of the molecule is COc1ccc(Oc2sc3cc(OC)ccc3c2Oc2ccc(C=CC(=O)O)c(OC)c2)cc1. The summed E-state index contributed by atoms with van der Waals surface area (Å²) in [5.41, 5.74) is 0.617. The molecule has 0 amide bonds. The van der Waals surface area contributed by atoms with E-state index in [9.17, 15) is 4.79 Å². The molecule has 1 heterocycles. The molecular formula is C26H22O7S. The third kappa shape index (κ3) is 5.07. The molecule has 0 unspecified atom stereocenters. The van der Waals surface area contributed by atoms with Crippen molar-refractivity contribution in [2.24, 2.45) is 0 Å². The summed E-state index contributed by atoms with van der Waals surface area (Å²) in [6.07, 6.45) is 2.52. The standard InChI is InChI=1S/C26H22O7S/c1-29-17-7-9-18(10-8-17)33-26-25(21-12-11-19(30-2)15-23(21)34-26)32-20-6-4-16(5-13-24(27)28)22(14-20)31-3/h4-15H,1-3H3,(H,27,28). The Kier molecular flexibility index (Phi) is 6.89. The Morgan fingerprint density at radius 1 is 0.794 bits per heavy atom. The van der Waals surface area contributed by atoms with Gasteiger partial charge >= 0.3 is 5.97 Å². The van der Waals surface area contributed by atoms with Gasteiger partial charge in [0.2, 0.25) is 5.06 Å². The Bertz CT molecular complexity index is 1340. The molecule has 0 saturated heterocycles. The quantitative estimate of drug-likeness (QED) is 0.271. The normalized spacial score (nSPS) is 10.9. The molecule has 7 nitrogen and oxygen atoms in total. The van der Waals surface area contributed by atoms with Crippen molar-refractivity contribution in [3.8, 4) is 39.6 Å². The molecule has 0 atom stereocenters. The Morgan fingerprint density at radius 2 is 1.47 bits per heavy atom. The van der Waals surface area contributed by atoms with Crippen LogP contribution in [0.1, 0.15) is 5.56 Å². The molecule has 0 fully saturated rings. The second-order valence-electron chi connectivity index (χ2n) is 7.04. The highest BCUT2D eigenvalue weighted by molar-refractivity contribution is 7.21. The van der Waals surface area contributed by atoms with Gasteiger partial charge in [0, 0.05) is 27.8 Å². The molecule has 3 aromatic carbocycles. The van der Waals surface area contributed by atoms with Crippen LogP contribution in [-0.4, -0.2) is 32.4 Å². The smallest absolute Gasteiger partial charge is 0.328 e. The van der Waals surface area contributed by atoms with Crippen molar-refractivity contribution in [1.82, 2.24) is 0 Å². The predicted molar refractivity (Wildman–Crippen MR) is 131 cm³/mol. The van der Waals surface area contributed by atoms with Crippen molar-refractivity contribution < 1.29 is 33.6 Å². The number of rotatable bonds is 9. The highest BCUT2D eigenvalue weighted by Gasteiger charge is 2.18. The van der Waals surface area contributed by atoms with Crippen LogP contribution in [-0.2, 0) is 4.79 Å². The molecule has 1 N–H and O–H groups in total. The second-order valence-corrected chi connectivity index (χ2v) is 8.05. The highest BCUT2D eigenvalue weighted by Crippen LogP contribution is 2.49. The molecule has 0 aliphatic carbocycles. The van der Waals surface area contributed by atoms with Gasteiger partial charge in [-0.05, 0) is 60.7 Å². The summed E-state index contributed by atoms with van der Waals surface area (Å²) < 4.78 is 29.4. The first-order valence-corrected chi connectivity index (χ1v) is 11.0. The van der Waals surface area contributed by atoms with Crippen LogP contribution in [0.25, 0.3) is 16.2 Å². The minimum Gasteiger partial charge on any atom is -0.497 e. The van der Waals surface area contributed by atoms with E-state index in [-0.39, 0.29) is 0 Å². The lowest BCUT2D eigenvalue weighted by molar-refractivity contribution is -0.131. The van der Waals surface area contributed by atoms with Gasteiger partial charge in [0.05, 0.1) is 21.3 Å². The molecule has 174 valence electrons. The fourth-order valence-corrected chi connectivity index (χ4v) is 4.27. The zero-order valence-electron chi connectivity index (χ0n) is 18.7. The maximum atomic E-state index is 10.9. The summed E-state index contributed by atoms with van der Waals surface area (Å²) in [5, 5.41) is 10.3. The van der Waals surface area contributed by atoms with E-state index in [1.807, 2.05) is 42.5 Å². The number of thiophene rings is 1. The number of carboxylic acid groups (broad SMARTS) is 1. The van der Waals surface area contributed by atoms with Crippen molar-refractivity contribution in [1.29, 1.82) is 0 Å². The van der Waals surface area contributed by atoms with Crippen LogP contribution in [0.5, 0.6) is 39.6 Å². The minimum atomic E-state index is -1.04. The van der Waals surface area contributed by atoms with E-state index in [2.05, 4.69) is 0 Å². The summed E-state index contributed by atoms with van der Waals surface area (Å²) in [7, 11) is 4.74. The number of hydrogen-bond donors (Lipinski definition) is 1. The third-order valence-electron chi connectivity index (χ3n) is 4.92. The summed E-state index contributed by atoms with van der Waals surface area (Å²) >= 11 is 1.44. The first-order valence-electron chi connectivity index (χ1n) is 10.2. The van der Waals surface area contributed by atoms with Crippen LogP contribution in [0, 0.1) is 0 Å². The number of methoxy groups -OCH3 is 3. The van der Waals surface area contributed by atoms with Crippen LogP contribution in [0.15, 0.2) is 66.7 Å². The lowest BCUT2D eigenvalue weighted by atomic mass is 10.1. The molecule has 34 heavy (non-hydrogen) atoms. The predicted octanol–water partition coefficient (Wildman–Crippen LogP) is 6.61. The van der Waals surface area contributed by atoms with E-state index < -0.39 is 5.97 Å². The van der Waals surface area contributed by atoms with Gasteiger partial charge in [-0.1, -0.05) is 11.3 Å². The van der Waals surface area contributed by atoms with E-state index in [1.165, 1.54) is 24.5 Å². The summed E-state index contributed by atoms with van der Waals surface area (Å²) in [6.45, 7) is 0. The van der Waals surface area contributed by atoms with Crippen LogP contribution in [0.4, 0.5) is 0 Å². The lowest BCUT2D eigenvalue weighted by Gasteiger charge is -2.12. The number of hydrogen-bond acceptors (Lipinski definition) is 7. The van der Waals surface area contributed by atoms with Gasteiger partial charge < -0.3 is 28.8 Å². The fraction of sp³-hybridized carbons (Fsp3) is 0.115. The van der Waals surface area contributed by atoms with Crippen LogP contribution < -0.4 is 23.7 Å². The van der Waals surface area contributed by atoms with Crippen LogP contribution in [0.3, 0.4) is 0 Å². The topological polar surface area (TPSA) is 83.5 Å².